The van der Waals surface area contributed by atoms with Crippen LogP contribution in [0.1, 0.15) is 33.6 Å². The van der Waals surface area contributed by atoms with Crippen molar-refractivity contribution in [2.45, 2.75) is 38.9 Å². The van der Waals surface area contributed by atoms with E-state index in [4.69, 9.17) is 11.6 Å². The predicted octanol–water partition coefficient (Wildman–Crippen LogP) is 1.58. The van der Waals surface area contributed by atoms with Crippen LogP contribution in [0.5, 0.6) is 0 Å². The number of sulfone groups is 1. The maximum absolute atomic E-state index is 11.6. The van der Waals surface area contributed by atoms with Crippen LogP contribution in [0.25, 0.3) is 0 Å². The minimum Gasteiger partial charge on any atom is -0.354 e. The fraction of sp³-hybridized carbons (Fsp3) is 0.909. The third-order valence-corrected chi connectivity index (χ3v) is 4.51. The smallest absolute Gasteiger partial charge is 0.238 e. The zero-order chi connectivity index (χ0) is 13.7. The molecule has 0 aromatic heterocycles. The molecule has 0 aliphatic rings. The van der Waals surface area contributed by atoms with Crippen LogP contribution in [0.4, 0.5) is 0 Å². The topological polar surface area (TPSA) is 63.2 Å². The quantitative estimate of drug-likeness (QED) is 0.722. The summed E-state index contributed by atoms with van der Waals surface area (Å²) >= 11 is 5.61. The van der Waals surface area contributed by atoms with Crippen molar-refractivity contribution in [3.05, 3.63) is 0 Å². The van der Waals surface area contributed by atoms with Crippen LogP contribution in [-0.4, -0.2) is 38.3 Å². The van der Waals surface area contributed by atoms with E-state index in [9.17, 15) is 13.2 Å². The van der Waals surface area contributed by atoms with Gasteiger partial charge in [0.15, 0.2) is 9.84 Å². The lowest BCUT2D eigenvalue weighted by Crippen LogP contribution is -2.41. The first-order chi connectivity index (χ1) is 7.60. The first-order valence-corrected chi connectivity index (χ1v) is 8.11. The molecule has 17 heavy (non-hydrogen) atoms. The van der Waals surface area contributed by atoms with E-state index >= 15 is 0 Å². The molecule has 0 heterocycles. The SMILES string of the molecule is CC(C(=O)NCC(C)(C)CCCCl)S(C)(=O)=O. The van der Waals surface area contributed by atoms with Gasteiger partial charge in [0.1, 0.15) is 5.25 Å². The Morgan fingerprint density at radius 2 is 1.94 bits per heavy atom. The van der Waals surface area contributed by atoms with Gasteiger partial charge >= 0.3 is 0 Å². The van der Waals surface area contributed by atoms with E-state index in [0.29, 0.717) is 12.4 Å². The van der Waals surface area contributed by atoms with E-state index in [-0.39, 0.29) is 5.41 Å². The Hall–Kier alpha value is -0.290. The molecule has 0 fully saturated rings. The molecule has 1 atom stereocenters. The molecule has 0 rings (SSSR count). The van der Waals surface area contributed by atoms with Crippen LogP contribution >= 0.6 is 11.6 Å². The molecule has 6 heteroatoms. The van der Waals surface area contributed by atoms with Gasteiger partial charge in [0.05, 0.1) is 0 Å². The molecule has 0 aromatic carbocycles. The maximum Gasteiger partial charge on any atom is 0.238 e. The number of carbonyl (C=O) groups excluding carboxylic acids is 1. The van der Waals surface area contributed by atoms with Crippen molar-refractivity contribution in [2.24, 2.45) is 5.41 Å². The highest BCUT2D eigenvalue weighted by Gasteiger charge is 2.25. The molecule has 1 N–H and O–H groups in total. The summed E-state index contributed by atoms with van der Waals surface area (Å²) < 4.78 is 22.4. The molecule has 0 radical (unpaired) electrons. The second-order valence-corrected chi connectivity index (χ2v) is 7.89. The monoisotopic (exact) mass is 283 g/mol. The summed E-state index contributed by atoms with van der Waals surface area (Å²) in [6.45, 7) is 5.90. The average Bonchev–Trinajstić information content (AvgIpc) is 2.21. The van der Waals surface area contributed by atoms with Gasteiger partial charge in [-0.1, -0.05) is 13.8 Å². The molecule has 0 aliphatic heterocycles. The molecule has 4 nitrogen and oxygen atoms in total. The minimum atomic E-state index is -3.32. The number of hydrogen-bond donors (Lipinski definition) is 1. The van der Waals surface area contributed by atoms with Gasteiger partial charge in [0.25, 0.3) is 0 Å². The summed E-state index contributed by atoms with van der Waals surface area (Å²) in [4.78, 5) is 11.6. The molecule has 0 saturated heterocycles. The summed E-state index contributed by atoms with van der Waals surface area (Å²) in [5.41, 5.74) is -0.0677. The van der Waals surface area contributed by atoms with E-state index in [1.54, 1.807) is 0 Å². The van der Waals surface area contributed by atoms with Gasteiger partial charge in [0.2, 0.25) is 5.91 Å². The highest BCUT2D eigenvalue weighted by molar-refractivity contribution is 7.92. The number of amides is 1. The maximum atomic E-state index is 11.6. The van der Waals surface area contributed by atoms with E-state index in [0.717, 1.165) is 19.1 Å². The predicted molar refractivity (Wildman–Crippen MR) is 71.1 cm³/mol. The number of hydrogen-bond acceptors (Lipinski definition) is 3. The second-order valence-electron chi connectivity index (χ2n) is 5.15. The Kier molecular flexibility index (Phi) is 6.48. The largest absolute Gasteiger partial charge is 0.354 e. The standard InChI is InChI=1S/C11H22ClNO3S/c1-9(17(4,15)16)10(14)13-8-11(2,3)6-5-7-12/h9H,5-8H2,1-4H3,(H,13,14). The lowest BCUT2D eigenvalue weighted by Gasteiger charge is -2.25. The molecule has 102 valence electrons. The van der Waals surface area contributed by atoms with Gasteiger partial charge in [-0.05, 0) is 25.2 Å². The van der Waals surface area contributed by atoms with Crippen molar-refractivity contribution in [3.8, 4) is 0 Å². The number of nitrogens with one attached hydrogen (secondary N) is 1. The van der Waals surface area contributed by atoms with Gasteiger partial charge < -0.3 is 5.32 Å². The van der Waals surface area contributed by atoms with E-state index in [1.807, 2.05) is 13.8 Å². The lowest BCUT2D eigenvalue weighted by molar-refractivity contribution is -0.120. The summed E-state index contributed by atoms with van der Waals surface area (Å²) in [6.07, 6.45) is 2.84. The fourth-order valence-electron chi connectivity index (χ4n) is 1.30. The zero-order valence-corrected chi connectivity index (χ0v) is 12.5. The van der Waals surface area contributed by atoms with Crippen molar-refractivity contribution in [1.82, 2.24) is 5.32 Å². The third kappa shape index (κ3) is 6.88. The van der Waals surface area contributed by atoms with Gasteiger partial charge in [-0.25, -0.2) is 8.42 Å². The van der Waals surface area contributed by atoms with Crippen molar-refractivity contribution in [3.63, 3.8) is 0 Å². The van der Waals surface area contributed by atoms with Crippen molar-refractivity contribution in [1.29, 1.82) is 0 Å². The van der Waals surface area contributed by atoms with Crippen molar-refractivity contribution >= 4 is 27.3 Å². The zero-order valence-electron chi connectivity index (χ0n) is 10.9. The molecule has 1 unspecified atom stereocenters. The van der Waals surface area contributed by atoms with Crippen LogP contribution < -0.4 is 5.32 Å². The summed E-state index contributed by atoms with van der Waals surface area (Å²) in [7, 11) is -3.32. The summed E-state index contributed by atoms with van der Waals surface area (Å²) in [5, 5.41) is 1.68. The Balaban J connectivity index is 4.25. The molecule has 0 spiro atoms. The number of halogens is 1. The van der Waals surface area contributed by atoms with Crippen LogP contribution in [0.2, 0.25) is 0 Å². The molecule has 1 amide bonds. The number of alkyl halides is 1. The van der Waals surface area contributed by atoms with Crippen LogP contribution in [0.15, 0.2) is 0 Å². The number of rotatable bonds is 7. The summed E-state index contributed by atoms with van der Waals surface area (Å²) in [5.74, 6) is 0.156. The molecule has 0 aliphatic carbocycles. The molecular weight excluding hydrogens is 262 g/mol. The Bertz CT molecular complexity index is 352. The average molecular weight is 284 g/mol. The van der Waals surface area contributed by atoms with Gasteiger partial charge in [0, 0.05) is 18.7 Å². The highest BCUT2D eigenvalue weighted by atomic mass is 35.5. The second kappa shape index (κ2) is 6.59. The lowest BCUT2D eigenvalue weighted by atomic mass is 9.88. The Labute approximate surface area is 109 Å². The first kappa shape index (κ1) is 16.7. The van der Waals surface area contributed by atoms with Gasteiger partial charge in [-0.15, -0.1) is 11.6 Å². The molecular formula is C11H22ClNO3S. The van der Waals surface area contributed by atoms with Gasteiger partial charge in [-0.2, -0.15) is 0 Å². The Morgan fingerprint density at radius 3 is 2.35 bits per heavy atom. The summed E-state index contributed by atoms with van der Waals surface area (Å²) in [6, 6.07) is 0. The fourth-order valence-corrected chi connectivity index (χ4v) is 1.90. The molecule has 0 aromatic rings. The molecule has 0 saturated carbocycles. The number of carbonyl (C=O) groups is 1. The Morgan fingerprint density at radius 1 is 1.41 bits per heavy atom. The van der Waals surface area contributed by atoms with Crippen LogP contribution in [0.3, 0.4) is 0 Å². The van der Waals surface area contributed by atoms with Crippen LogP contribution in [0, 0.1) is 5.41 Å². The minimum absolute atomic E-state index is 0.0677. The van der Waals surface area contributed by atoms with Crippen molar-refractivity contribution < 1.29 is 13.2 Å². The van der Waals surface area contributed by atoms with Crippen molar-refractivity contribution in [2.75, 3.05) is 18.7 Å². The molecule has 0 bridgehead atoms. The van der Waals surface area contributed by atoms with E-state index in [2.05, 4.69) is 5.32 Å². The van der Waals surface area contributed by atoms with Gasteiger partial charge in [-0.3, -0.25) is 4.79 Å². The van der Waals surface area contributed by atoms with Crippen LogP contribution in [-0.2, 0) is 14.6 Å². The first-order valence-electron chi connectivity index (χ1n) is 5.63. The highest BCUT2D eigenvalue weighted by Crippen LogP contribution is 2.21. The normalized spacial score (nSPS) is 14.4. The third-order valence-electron chi connectivity index (χ3n) is 2.74. The van der Waals surface area contributed by atoms with E-state index in [1.165, 1.54) is 6.92 Å². The van der Waals surface area contributed by atoms with E-state index < -0.39 is 21.0 Å².